The van der Waals surface area contributed by atoms with E-state index in [4.69, 9.17) is 21.7 Å². The summed E-state index contributed by atoms with van der Waals surface area (Å²) >= 11 is 6.99. The molecule has 1 unspecified atom stereocenters. The second-order valence-electron chi connectivity index (χ2n) is 8.49. The zero-order chi connectivity index (χ0) is 22.1. The predicted molar refractivity (Wildman–Crippen MR) is 120 cm³/mol. The number of hydrogen-bond acceptors (Lipinski definition) is 7. The molecule has 2 aliphatic heterocycles. The molecule has 0 aliphatic carbocycles. The number of amides is 1. The van der Waals surface area contributed by atoms with Gasteiger partial charge in [-0.3, -0.25) is 10.1 Å². The number of hydrogen-bond donors (Lipinski definition) is 0. The molecule has 164 valence electrons. The van der Waals surface area contributed by atoms with E-state index in [1.54, 1.807) is 24.1 Å². The number of carbonyl (C=O) groups excluding carboxylic acids is 1. The monoisotopic (exact) mass is 453 g/mol. The minimum absolute atomic E-state index is 0.0540. The first-order valence-corrected chi connectivity index (χ1v) is 11.1. The van der Waals surface area contributed by atoms with Crippen LogP contribution in [0.3, 0.4) is 0 Å². The minimum Gasteiger partial charge on any atom is -0.497 e. The number of nitro groups is 1. The van der Waals surface area contributed by atoms with E-state index in [9.17, 15) is 14.9 Å². The first kappa shape index (κ1) is 22.6. The molecular formula is C20H27N3O5S2. The lowest BCUT2D eigenvalue weighted by Crippen LogP contribution is -2.51. The molecule has 10 heteroatoms. The summed E-state index contributed by atoms with van der Waals surface area (Å²) in [5, 5.41) is 10.8. The average molecular weight is 454 g/mol. The predicted octanol–water partition coefficient (Wildman–Crippen LogP) is 3.72. The lowest BCUT2D eigenvalue weighted by Gasteiger charge is -2.36. The van der Waals surface area contributed by atoms with E-state index in [1.165, 1.54) is 11.8 Å². The number of likely N-dealkylation sites (tertiary alicyclic amines) is 2. The maximum atomic E-state index is 12.4. The molecule has 2 bridgehead atoms. The van der Waals surface area contributed by atoms with Gasteiger partial charge in [-0.15, -0.1) is 0 Å². The van der Waals surface area contributed by atoms with E-state index in [-0.39, 0.29) is 34.9 Å². The normalized spacial score (nSPS) is 21.5. The second kappa shape index (κ2) is 8.97. The lowest BCUT2D eigenvalue weighted by atomic mass is 10.1. The van der Waals surface area contributed by atoms with Crippen molar-refractivity contribution in [1.82, 2.24) is 9.80 Å². The number of rotatable bonds is 5. The molecule has 0 N–H and O–H groups in total. The van der Waals surface area contributed by atoms with Crippen molar-refractivity contribution in [2.24, 2.45) is 0 Å². The summed E-state index contributed by atoms with van der Waals surface area (Å²) in [7, 11) is 1.58. The number of benzene rings is 1. The van der Waals surface area contributed by atoms with Crippen molar-refractivity contribution in [2.75, 3.05) is 26.7 Å². The fraction of sp³-hybridized carbons (Fsp3) is 0.600. The Bertz CT molecular complexity index is 812. The van der Waals surface area contributed by atoms with Crippen molar-refractivity contribution in [3.8, 4) is 5.75 Å². The SMILES string of the molecule is COc1ccc(C(C[N+](=O)[O-])SC(=S)N2C[C@@H]3C[C@H]2CN3C(=O)OC(C)(C)C)cc1. The molecule has 2 fully saturated rings. The molecule has 1 amide bonds. The Morgan fingerprint density at radius 3 is 2.37 bits per heavy atom. The van der Waals surface area contributed by atoms with Gasteiger partial charge < -0.3 is 19.3 Å². The summed E-state index contributed by atoms with van der Waals surface area (Å²) in [6, 6.07) is 7.43. The third kappa shape index (κ3) is 5.34. The van der Waals surface area contributed by atoms with Gasteiger partial charge >= 0.3 is 6.09 Å². The van der Waals surface area contributed by atoms with Gasteiger partial charge in [0.25, 0.3) is 0 Å². The highest BCUT2D eigenvalue weighted by molar-refractivity contribution is 8.23. The Kier molecular flexibility index (Phi) is 6.76. The Balaban J connectivity index is 1.63. The number of thioether (sulfide) groups is 1. The maximum absolute atomic E-state index is 12.4. The van der Waals surface area contributed by atoms with E-state index < -0.39 is 5.60 Å². The molecule has 1 aromatic rings. The zero-order valence-corrected chi connectivity index (χ0v) is 19.2. The molecule has 2 aliphatic rings. The van der Waals surface area contributed by atoms with Crippen LogP contribution in [0.2, 0.25) is 0 Å². The van der Waals surface area contributed by atoms with Gasteiger partial charge in [0.05, 0.1) is 19.2 Å². The van der Waals surface area contributed by atoms with Gasteiger partial charge in [0, 0.05) is 18.0 Å². The first-order valence-electron chi connectivity index (χ1n) is 9.80. The van der Waals surface area contributed by atoms with Crippen LogP contribution in [0, 0.1) is 10.1 Å². The van der Waals surface area contributed by atoms with Gasteiger partial charge in [-0.1, -0.05) is 36.1 Å². The summed E-state index contributed by atoms with van der Waals surface area (Å²) in [6.45, 7) is 6.53. The zero-order valence-electron chi connectivity index (χ0n) is 17.6. The van der Waals surface area contributed by atoms with Crippen molar-refractivity contribution in [1.29, 1.82) is 0 Å². The third-order valence-corrected chi connectivity index (χ3v) is 6.81. The molecule has 2 saturated heterocycles. The van der Waals surface area contributed by atoms with Crippen LogP contribution in [0.5, 0.6) is 5.75 Å². The fourth-order valence-corrected chi connectivity index (χ4v) is 5.45. The quantitative estimate of drug-likeness (QED) is 0.379. The van der Waals surface area contributed by atoms with E-state index in [0.717, 1.165) is 12.0 Å². The van der Waals surface area contributed by atoms with Gasteiger partial charge in [-0.05, 0) is 44.9 Å². The maximum Gasteiger partial charge on any atom is 0.410 e. The van der Waals surface area contributed by atoms with E-state index in [1.807, 2.05) is 32.9 Å². The fourth-order valence-electron chi connectivity index (χ4n) is 3.79. The highest BCUT2D eigenvalue weighted by Gasteiger charge is 2.47. The number of thiocarbonyl (C=S) groups is 1. The van der Waals surface area contributed by atoms with Crippen molar-refractivity contribution in [3.05, 3.63) is 39.9 Å². The molecule has 3 atom stereocenters. The highest BCUT2D eigenvalue weighted by atomic mass is 32.2. The highest BCUT2D eigenvalue weighted by Crippen LogP contribution is 2.38. The van der Waals surface area contributed by atoms with Crippen LogP contribution in [-0.4, -0.2) is 69.6 Å². The van der Waals surface area contributed by atoms with E-state index >= 15 is 0 Å². The van der Waals surface area contributed by atoms with E-state index in [2.05, 4.69) is 4.90 Å². The number of carbonyl (C=O) groups is 1. The summed E-state index contributed by atoms with van der Waals surface area (Å²) in [6.07, 6.45) is 0.542. The topological polar surface area (TPSA) is 85.2 Å². The van der Waals surface area contributed by atoms with Crippen LogP contribution in [0.4, 0.5) is 4.79 Å². The standard InChI is InChI=1S/C20H27N3O5S2/c1-20(2,3)28-18(24)21-10-15-9-14(21)11-22(15)19(29)30-17(12-23(25)26)13-5-7-16(27-4)8-6-13/h5-8,14-15,17H,9-12H2,1-4H3/t14-,15-,17?/m0/s1. The number of nitrogens with zero attached hydrogens (tertiary/aromatic N) is 3. The Hall–Kier alpha value is -2.07. The number of piperazine rings is 1. The number of methoxy groups -OCH3 is 1. The summed E-state index contributed by atoms with van der Waals surface area (Å²) < 4.78 is 11.3. The number of ether oxygens (including phenoxy) is 2. The molecule has 0 spiro atoms. The van der Waals surface area contributed by atoms with Gasteiger partial charge in [0.2, 0.25) is 6.54 Å². The largest absolute Gasteiger partial charge is 0.497 e. The van der Waals surface area contributed by atoms with Crippen LogP contribution >= 0.6 is 24.0 Å². The molecule has 0 aromatic heterocycles. The molecule has 1 aromatic carbocycles. The molecule has 2 heterocycles. The second-order valence-corrected chi connectivity index (χ2v) is 10.3. The van der Waals surface area contributed by atoms with Gasteiger partial charge in [0.1, 0.15) is 20.9 Å². The molecular weight excluding hydrogens is 426 g/mol. The van der Waals surface area contributed by atoms with Crippen LogP contribution in [-0.2, 0) is 4.74 Å². The summed E-state index contributed by atoms with van der Waals surface area (Å²) in [5.41, 5.74) is 0.303. The van der Waals surface area contributed by atoms with Crippen molar-refractivity contribution in [3.63, 3.8) is 0 Å². The Morgan fingerprint density at radius 1 is 1.27 bits per heavy atom. The van der Waals surface area contributed by atoms with Gasteiger partial charge in [-0.2, -0.15) is 0 Å². The molecule has 3 rings (SSSR count). The molecule has 8 nitrogen and oxygen atoms in total. The van der Waals surface area contributed by atoms with Crippen LogP contribution in [0.1, 0.15) is 38.0 Å². The van der Waals surface area contributed by atoms with Crippen LogP contribution in [0.15, 0.2) is 24.3 Å². The van der Waals surface area contributed by atoms with E-state index in [0.29, 0.717) is 23.2 Å². The van der Waals surface area contributed by atoms with Gasteiger partial charge in [0.15, 0.2) is 0 Å². The van der Waals surface area contributed by atoms with Gasteiger partial charge in [-0.25, -0.2) is 4.79 Å². The minimum atomic E-state index is -0.530. The third-order valence-electron chi connectivity index (χ3n) is 5.15. The first-order chi connectivity index (χ1) is 14.1. The smallest absolute Gasteiger partial charge is 0.410 e. The van der Waals surface area contributed by atoms with Crippen molar-refractivity contribution < 1.29 is 19.2 Å². The Labute approximate surface area is 186 Å². The molecule has 0 saturated carbocycles. The molecule has 0 radical (unpaired) electrons. The molecule has 30 heavy (non-hydrogen) atoms. The summed E-state index contributed by atoms with van der Waals surface area (Å²) in [4.78, 5) is 27.2. The lowest BCUT2D eigenvalue weighted by molar-refractivity contribution is -0.479. The van der Waals surface area contributed by atoms with Crippen molar-refractivity contribution >= 4 is 34.4 Å². The van der Waals surface area contributed by atoms with Crippen LogP contribution < -0.4 is 4.74 Å². The number of fused-ring (bicyclic) bond motifs is 2. The van der Waals surface area contributed by atoms with Crippen molar-refractivity contribution in [2.45, 2.75) is 50.1 Å². The summed E-state index contributed by atoms with van der Waals surface area (Å²) in [5.74, 6) is 0.699. The Morgan fingerprint density at radius 2 is 1.87 bits per heavy atom. The average Bonchev–Trinajstić information content (AvgIpc) is 3.27. The van der Waals surface area contributed by atoms with Crippen LogP contribution in [0.25, 0.3) is 0 Å².